The van der Waals surface area contributed by atoms with Gasteiger partial charge in [-0.05, 0) is 129 Å². The summed E-state index contributed by atoms with van der Waals surface area (Å²) in [6, 6.07) is 68.3. The van der Waals surface area contributed by atoms with E-state index in [1.54, 1.807) is 0 Å². The van der Waals surface area contributed by atoms with Crippen LogP contribution in [0, 0.1) is 0 Å². The average Bonchev–Trinajstić information content (AvgIpc) is 3.94. The van der Waals surface area contributed by atoms with Crippen LogP contribution in [0.2, 0.25) is 0 Å². The van der Waals surface area contributed by atoms with Crippen LogP contribution in [-0.2, 0) is 23.7 Å². The molecule has 0 unspecified atom stereocenters. The summed E-state index contributed by atoms with van der Waals surface area (Å²) < 4.78 is 2.40. The van der Waals surface area contributed by atoms with E-state index in [1.165, 1.54) is 94.5 Å². The summed E-state index contributed by atoms with van der Waals surface area (Å²) in [6.07, 6.45) is 2.04. The lowest BCUT2D eigenvalue weighted by Gasteiger charge is -2.31. The Balaban J connectivity index is 1.10. The summed E-state index contributed by atoms with van der Waals surface area (Å²) >= 11 is 0. The van der Waals surface area contributed by atoms with Crippen LogP contribution in [0.25, 0.3) is 49.7 Å². The minimum absolute atomic E-state index is 0.0913. The smallest absolute Gasteiger partial charge is 0.0542 e. The summed E-state index contributed by atoms with van der Waals surface area (Å²) in [7, 11) is 0. The quantitative estimate of drug-likeness (QED) is 0.176. The molecule has 0 saturated carbocycles. The molecule has 2 heteroatoms. The predicted octanol–water partition coefficient (Wildman–Crippen LogP) is 13.6. The molecule has 0 bridgehead atoms. The molecule has 0 fully saturated rings. The number of rotatable bonds is 4. The summed E-state index contributed by atoms with van der Waals surface area (Å²) in [6.45, 7) is 4.76. The standard InChI is InChI=1S/C54H40N2/c1-53(2)47-21-11-8-18-41(47)43-27-24-39(31-49(43)53)55(38-26-29-52-46(30-38)45-20-10-13-23-51(45)56(52)37-16-4-3-5-17-37)40-25-28-44-42-19-9-12-22-48(42)54(50(44)32-40)33-35-14-6-7-15-36(35)34-54/h3-32H,33-34H2,1-2H3. The molecule has 2 nitrogen and oxygen atoms in total. The van der Waals surface area contributed by atoms with Gasteiger partial charge in [-0.2, -0.15) is 0 Å². The van der Waals surface area contributed by atoms with E-state index in [2.05, 4.69) is 205 Å². The first-order valence-electron chi connectivity index (χ1n) is 19.9. The molecule has 3 aliphatic rings. The lowest BCUT2D eigenvalue weighted by Crippen LogP contribution is -2.26. The van der Waals surface area contributed by atoms with E-state index in [0.29, 0.717) is 0 Å². The monoisotopic (exact) mass is 716 g/mol. The normalized spacial score (nSPS) is 15.1. The molecule has 56 heavy (non-hydrogen) atoms. The minimum Gasteiger partial charge on any atom is -0.310 e. The van der Waals surface area contributed by atoms with Crippen molar-refractivity contribution >= 4 is 38.9 Å². The van der Waals surface area contributed by atoms with E-state index < -0.39 is 0 Å². The summed E-state index contributed by atoms with van der Waals surface area (Å²) in [4.78, 5) is 2.52. The number of hydrogen-bond acceptors (Lipinski definition) is 1. The highest BCUT2D eigenvalue weighted by Crippen LogP contribution is 2.57. The van der Waals surface area contributed by atoms with Gasteiger partial charge in [-0.1, -0.05) is 135 Å². The van der Waals surface area contributed by atoms with Crippen LogP contribution in [-0.4, -0.2) is 4.57 Å². The highest BCUT2D eigenvalue weighted by molar-refractivity contribution is 6.10. The van der Waals surface area contributed by atoms with E-state index in [0.717, 1.165) is 18.5 Å². The molecule has 1 heterocycles. The second-order valence-electron chi connectivity index (χ2n) is 16.6. The van der Waals surface area contributed by atoms with Crippen molar-refractivity contribution in [3.05, 3.63) is 215 Å². The van der Waals surface area contributed by atoms with E-state index in [9.17, 15) is 0 Å². The molecule has 1 aromatic heterocycles. The first-order valence-corrected chi connectivity index (χ1v) is 19.9. The third kappa shape index (κ3) is 4.27. The van der Waals surface area contributed by atoms with Crippen molar-refractivity contribution in [1.82, 2.24) is 4.57 Å². The number of hydrogen-bond donors (Lipinski definition) is 0. The second-order valence-corrected chi connectivity index (χ2v) is 16.6. The fourth-order valence-electron chi connectivity index (χ4n) is 10.8. The zero-order chi connectivity index (χ0) is 37.2. The highest BCUT2D eigenvalue weighted by atomic mass is 15.1. The summed E-state index contributed by atoms with van der Waals surface area (Å²) in [5.41, 5.74) is 20.9. The molecule has 9 aromatic rings. The van der Waals surface area contributed by atoms with Gasteiger partial charge < -0.3 is 9.47 Å². The molecule has 3 aliphatic carbocycles. The second kappa shape index (κ2) is 11.4. The van der Waals surface area contributed by atoms with E-state index in [-0.39, 0.29) is 10.8 Å². The van der Waals surface area contributed by atoms with Gasteiger partial charge in [-0.15, -0.1) is 0 Å². The Hall–Kier alpha value is -6.64. The Labute approximate surface area is 327 Å². The van der Waals surface area contributed by atoms with Gasteiger partial charge in [0.25, 0.3) is 0 Å². The number of aromatic nitrogens is 1. The van der Waals surface area contributed by atoms with Gasteiger partial charge in [0.2, 0.25) is 0 Å². The van der Waals surface area contributed by atoms with E-state index in [4.69, 9.17) is 0 Å². The maximum absolute atomic E-state index is 2.53. The summed E-state index contributed by atoms with van der Waals surface area (Å²) in [5.74, 6) is 0. The summed E-state index contributed by atoms with van der Waals surface area (Å²) in [5, 5.41) is 2.50. The molecule has 1 spiro atoms. The van der Waals surface area contributed by atoms with Crippen LogP contribution >= 0.6 is 0 Å². The Morgan fingerprint density at radius 2 is 0.929 bits per heavy atom. The molecule has 0 radical (unpaired) electrons. The highest BCUT2D eigenvalue weighted by Gasteiger charge is 2.47. The topological polar surface area (TPSA) is 8.17 Å². The molecule has 0 N–H and O–H groups in total. The van der Waals surface area contributed by atoms with Gasteiger partial charge in [0.15, 0.2) is 0 Å². The van der Waals surface area contributed by atoms with Gasteiger partial charge in [-0.3, -0.25) is 0 Å². The average molecular weight is 717 g/mol. The molecular weight excluding hydrogens is 677 g/mol. The van der Waals surface area contributed by atoms with Gasteiger partial charge in [-0.25, -0.2) is 0 Å². The van der Waals surface area contributed by atoms with Crippen LogP contribution in [0.3, 0.4) is 0 Å². The van der Waals surface area contributed by atoms with Crippen molar-refractivity contribution < 1.29 is 0 Å². The van der Waals surface area contributed by atoms with E-state index >= 15 is 0 Å². The fourth-order valence-corrected chi connectivity index (χ4v) is 10.8. The van der Waals surface area contributed by atoms with Crippen molar-refractivity contribution in [2.24, 2.45) is 0 Å². The van der Waals surface area contributed by atoms with E-state index in [1.807, 2.05) is 0 Å². The van der Waals surface area contributed by atoms with Crippen molar-refractivity contribution in [3.63, 3.8) is 0 Å². The first kappa shape index (κ1) is 31.7. The minimum atomic E-state index is -0.111. The lowest BCUT2D eigenvalue weighted by atomic mass is 9.75. The van der Waals surface area contributed by atoms with Gasteiger partial charge in [0.05, 0.1) is 11.0 Å². The van der Waals surface area contributed by atoms with Crippen LogP contribution in [0.5, 0.6) is 0 Å². The Kier molecular flexibility index (Phi) is 6.47. The zero-order valence-electron chi connectivity index (χ0n) is 31.6. The lowest BCUT2D eigenvalue weighted by molar-refractivity contribution is 0.563. The number of para-hydroxylation sites is 2. The molecule has 0 atom stereocenters. The van der Waals surface area contributed by atoms with Gasteiger partial charge in [0.1, 0.15) is 0 Å². The molecule has 0 aliphatic heterocycles. The van der Waals surface area contributed by atoms with Crippen molar-refractivity contribution in [1.29, 1.82) is 0 Å². The number of fused-ring (bicyclic) bond motifs is 12. The fraction of sp³-hybridized carbons (Fsp3) is 0.111. The molecule has 0 saturated heterocycles. The number of anilines is 3. The SMILES string of the molecule is CC1(C)c2ccccc2-c2ccc(N(c3ccc4c(c3)C3(Cc5ccccc5C3)c3ccccc3-4)c3ccc4c(c3)c3ccccc3n4-c3ccccc3)cc21. The third-order valence-corrected chi connectivity index (χ3v) is 13.4. The number of nitrogens with zero attached hydrogens (tertiary/aromatic N) is 2. The Morgan fingerprint density at radius 1 is 0.411 bits per heavy atom. The molecule has 8 aromatic carbocycles. The zero-order valence-corrected chi connectivity index (χ0v) is 31.6. The Morgan fingerprint density at radius 3 is 1.68 bits per heavy atom. The van der Waals surface area contributed by atoms with Crippen molar-refractivity contribution in [2.75, 3.05) is 4.90 Å². The maximum Gasteiger partial charge on any atom is 0.0542 e. The van der Waals surface area contributed by atoms with Crippen molar-refractivity contribution in [2.45, 2.75) is 37.5 Å². The third-order valence-electron chi connectivity index (χ3n) is 13.4. The van der Waals surface area contributed by atoms with Gasteiger partial charge in [0, 0.05) is 44.4 Å². The first-order chi connectivity index (χ1) is 27.5. The number of benzene rings is 8. The van der Waals surface area contributed by atoms with Crippen LogP contribution in [0.4, 0.5) is 17.1 Å². The van der Waals surface area contributed by atoms with Crippen LogP contribution in [0.15, 0.2) is 182 Å². The van der Waals surface area contributed by atoms with Gasteiger partial charge >= 0.3 is 0 Å². The molecule has 266 valence electrons. The van der Waals surface area contributed by atoms with Crippen molar-refractivity contribution in [3.8, 4) is 27.9 Å². The predicted molar refractivity (Wildman–Crippen MR) is 233 cm³/mol. The molecule has 12 rings (SSSR count). The van der Waals surface area contributed by atoms with Crippen LogP contribution in [0.1, 0.15) is 47.2 Å². The molecular formula is C54H40N2. The Bertz CT molecular complexity index is 3050. The maximum atomic E-state index is 2.53. The largest absolute Gasteiger partial charge is 0.310 e. The molecule has 0 amide bonds. The van der Waals surface area contributed by atoms with Crippen LogP contribution < -0.4 is 4.90 Å².